The quantitative estimate of drug-likeness (QED) is 0.772. The maximum Gasteiger partial charge on any atom is 0.0379 e. The smallest absolute Gasteiger partial charge is 0.0379 e. The molecular formula is C16H17N. The Kier molecular flexibility index (Phi) is 2.60. The van der Waals surface area contributed by atoms with Crippen LogP contribution in [0.4, 0.5) is 5.69 Å². The Labute approximate surface area is 102 Å². The molecule has 0 saturated carbocycles. The van der Waals surface area contributed by atoms with Crippen molar-refractivity contribution in [2.24, 2.45) is 0 Å². The summed E-state index contributed by atoms with van der Waals surface area (Å²) in [6.07, 6.45) is 1.18. The van der Waals surface area contributed by atoms with Crippen molar-refractivity contribution in [1.29, 1.82) is 0 Å². The summed E-state index contributed by atoms with van der Waals surface area (Å²) in [5.41, 5.74) is 5.52. The van der Waals surface area contributed by atoms with Gasteiger partial charge in [-0.1, -0.05) is 48.0 Å². The third kappa shape index (κ3) is 1.93. The van der Waals surface area contributed by atoms with E-state index in [9.17, 15) is 0 Å². The molecule has 0 saturated heterocycles. The van der Waals surface area contributed by atoms with Crippen LogP contribution in [0.3, 0.4) is 0 Å². The van der Waals surface area contributed by atoms with Crippen molar-refractivity contribution in [3.05, 3.63) is 65.2 Å². The predicted octanol–water partition coefficient (Wildman–Crippen LogP) is 3.94. The molecule has 1 heterocycles. The molecule has 1 aliphatic rings. The zero-order valence-electron chi connectivity index (χ0n) is 10.1. The maximum absolute atomic E-state index is 3.49. The molecule has 0 aromatic heterocycles. The van der Waals surface area contributed by atoms with Crippen molar-refractivity contribution >= 4 is 5.69 Å². The molecule has 17 heavy (non-hydrogen) atoms. The Balaban J connectivity index is 2.08. The van der Waals surface area contributed by atoms with Gasteiger partial charge in [0.25, 0.3) is 0 Å². The molecule has 2 aromatic carbocycles. The minimum absolute atomic E-state index is 0.548. The van der Waals surface area contributed by atoms with E-state index in [1.807, 2.05) is 0 Å². The van der Waals surface area contributed by atoms with Gasteiger partial charge in [0.1, 0.15) is 0 Å². The summed E-state index contributed by atoms with van der Waals surface area (Å²) in [6, 6.07) is 17.5. The minimum Gasteiger partial charge on any atom is -0.385 e. The summed E-state index contributed by atoms with van der Waals surface area (Å²) < 4.78 is 0. The summed E-state index contributed by atoms with van der Waals surface area (Å²) in [5, 5.41) is 3.49. The molecule has 1 heteroatoms. The van der Waals surface area contributed by atoms with E-state index in [2.05, 4.69) is 60.8 Å². The molecule has 0 bridgehead atoms. The largest absolute Gasteiger partial charge is 0.385 e. The lowest BCUT2D eigenvalue weighted by Crippen LogP contribution is -2.17. The highest BCUT2D eigenvalue weighted by Crippen LogP contribution is 2.36. The molecule has 3 rings (SSSR count). The molecule has 1 atom stereocenters. The van der Waals surface area contributed by atoms with Crippen molar-refractivity contribution < 1.29 is 0 Å². The molecule has 2 aromatic rings. The second-order valence-corrected chi connectivity index (χ2v) is 4.77. The van der Waals surface area contributed by atoms with E-state index in [0.717, 1.165) is 6.54 Å². The first kappa shape index (κ1) is 10.4. The fourth-order valence-electron chi connectivity index (χ4n) is 2.67. The standard InChI is InChI=1S/C16H17N/c1-12-7-8-16-15(11-12)14(9-10-17-16)13-5-3-2-4-6-13/h2-8,11,14,17H,9-10H2,1H3. The van der Waals surface area contributed by atoms with Gasteiger partial charge in [0, 0.05) is 18.2 Å². The Hall–Kier alpha value is -1.76. The van der Waals surface area contributed by atoms with Crippen LogP contribution in [-0.4, -0.2) is 6.54 Å². The third-order valence-electron chi connectivity index (χ3n) is 3.53. The van der Waals surface area contributed by atoms with Crippen LogP contribution >= 0.6 is 0 Å². The lowest BCUT2D eigenvalue weighted by Gasteiger charge is -2.27. The molecule has 0 spiro atoms. The van der Waals surface area contributed by atoms with E-state index >= 15 is 0 Å². The van der Waals surface area contributed by atoms with E-state index in [1.54, 1.807) is 0 Å². The van der Waals surface area contributed by atoms with E-state index in [0.29, 0.717) is 5.92 Å². The van der Waals surface area contributed by atoms with Gasteiger partial charge in [-0.2, -0.15) is 0 Å². The van der Waals surface area contributed by atoms with Crippen molar-refractivity contribution in [3.63, 3.8) is 0 Å². The molecule has 86 valence electrons. The first-order valence-corrected chi connectivity index (χ1v) is 6.24. The molecule has 1 nitrogen and oxygen atoms in total. The SMILES string of the molecule is Cc1ccc2c(c1)C(c1ccccc1)CCN2. The monoisotopic (exact) mass is 223 g/mol. The highest BCUT2D eigenvalue weighted by atomic mass is 14.9. The number of hydrogen-bond donors (Lipinski definition) is 1. The zero-order valence-corrected chi connectivity index (χ0v) is 10.1. The Bertz CT molecular complexity index is 516. The van der Waals surface area contributed by atoms with Gasteiger partial charge in [-0.15, -0.1) is 0 Å². The Morgan fingerprint density at radius 3 is 2.71 bits per heavy atom. The second kappa shape index (κ2) is 4.25. The van der Waals surface area contributed by atoms with Gasteiger partial charge in [-0.25, -0.2) is 0 Å². The molecule has 1 aliphatic heterocycles. The fraction of sp³-hybridized carbons (Fsp3) is 0.250. The molecule has 1 unspecified atom stereocenters. The number of nitrogens with one attached hydrogen (secondary N) is 1. The van der Waals surface area contributed by atoms with Crippen LogP contribution in [0.1, 0.15) is 29.0 Å². The minimum atomic E-state index is 0.548. The van der Waals surface area contributed by atoms with Crippen molar-refractivity contribution in [3.8, 4) is 0 Å². The highest BCUT2D eigenvalue weighted by Gasteiger charge is 2.21. The van der Waals surface area contributed by atoms with E-state index < -0.39 is 0 Å². The summed E-state index contributed by atoms with van der Waals surface area (Å²) >= 11 is 0. The first-order valence-electron chi connectivity index (χ1n) is 6.24. The predicted molar refractivity (Wildman–Crippen MR) is 72.6 cm³/mol. The number of benzene rings is 2. The van der Waals surface area contributed by atoms with Crippen molar-refractivity contribution in [2.75, 3.05) is 11.9 Å². The van der Waals surface area contributed by atoms with Gasteiger partial charge < -0.3 is 5.32 Å². The average Bonchev–Trinajstić information content (AvgIpc) is 2.39. The van der Waals surface area contributed by atoms with Crippen molar-refractivity contribution in [1.82, 2.24) is 0 Å². The first-order chi connectivity index (χ1) is 8.34. The van der Waals surface area contributed by atoms with E-state index in [1.165, 1.54) is 28.8 Å². The summed E-state index contributed by atoms with van der Waals surface area (Å²) in [5.74, 6) is 0.548. The van der Waals surface area contributed by atoms with Gasteiger partial charge in [-0.05, 0) is 30.5 Å². The van der Waals surface area contributed by atoms with Crippen LogP contribution < -0.4 is 5.32 Å². The average molecular weight is 223 g/mol. The maximum atomic E-state index is 3.49. The number of rotatable bonds is 1. The summed E-state index contributed by atoms with van der Waals surface area (Å²) in [7, 11) is 0. The molecule has 0 radical (unpaired) electrons. The fourth-order valence-corrected chi connectivity index (χ4v) is 2.67. The molecule has 1 N–H and O–H groups in total. The number of hydrogen-bond acceptors (Lipinski definition) is 1. The van der Waals surface area contributed by atoms with Crippen LogP contribution in [0.25, 0.3) is 0 Å². The Morgan fingerprint density at radius 2 is 1.88 bits per heavy atom. The normalized spacial score (nSPS) is 18.3. The van der Waals surface area contributed by atoms with Gasteiger partial charge in [0.2, 0.25) is 0 Å². The van der Waals surface area contributed by atoms with Gasteiger partial charge in [0.15, 0.2) is 0 Å². The summed E-state index contributed by atoms with van der Waals surface area (Å²) in [4.78, 5) is 0. The van der Waals surface area contributed by atoms with E-state index in [-0.39, 0.29) is 0 Å². The number of anilines is 1. The van der Waals surface area contributed by atoms with Crippen LogP contribution in [0.2, 0.25) is 0 Å². The second-order valence-electron chi connectivity index (χ2n) is 4.77. The van der Waals surface area contributed by atoms with Crippen molar-refractivity contribution in [2.45, 2.75) is 19.3 Å². The number of fused-ring (bicyclic) bond motifs is 1. The zero-order chi connectivity index (χ0) is 11.7. The lowest BCUT2D eigenvalue weighted by atomic mass is 9.84. The Morgan fingerprint density at radius 1 is 1.06 bits per heavy atom. The molecule has 0 aliphatic carbocycles. The molecule has 0 amide bonds. The lowest BCUT2D eigenvalue weighted by molar-refractivity contribution is 0.719. The van der Waals surface area contributed by atoms with E-state index in [4.69, 9.17) is 0 Å². The highest BCUT2D eigenvalue weighted by molar-refractivity contribution is 5.58. The van der Waals surface area contributed by atoms with Gasteiger partial charge in [0.05, 0.1) is 0 Å². The summed E-state index contributed by atoms with van der Waals surface area (Å²) in [6.45, 7) is 3.23. The van der Waals surface area contributed by atoms with Gasteiger partial charge in [-0.3, -0.25) is 0 Å². The third-order valence-corrected chi connectivity index (χ3v) is 3.53. The van der Waals surface area contributed by atoms with Crippen LogP contribution in [0.15, 0.2) is 48.5 Å². The van der Waals surface area contributed by atoms with Crippen LogP contribution in [-0.2, 0) is 0 Å². The molecule has 0 fully saturated rings. The molecular weight excluding hydrogens is 206 g/mol. The van der Waals surface area contributed by atoms with Gasteiger partial charge >= 0.3 is 0 Å². The van der Waals surface area contributed by atoms with Crippen LogP contribution in [0.5, 0.6) is 0 Å². The topological polar surface area (TPSA) is 12.0 Å². The van der Waals surface area contributed by atoms with Crippen LogP contribution in [0, 0.1) is 6.92 Å². The number of aryl methyl sites for hydroxylation is 1.